The summed E-state index contributed by atoms with van der Waals surface area (Å²) in [5, 5.41) is 8.25. The Bertz CT molecular complexity index is 552. The normalized spacial score (nSPS) is 12.8. The third kappa shape index (κ3) is 3.55. The van der Waals surface area contributed by atoms with Gasteiger partial charge in [0.25, 0.3) is 0 Å². The van der Waals surface area contributed by atoms with E-state index in [0.29, 0.717) is 10.9 Å². The van der Waals surface area contributed by atoms with Gasteiger partial charge >= 0.3 is 0 Å². The molecule has 5 nitrogen and oxygen atoms in total. The minimum absolute atomic E-state index is 0.0978. The smallest absolute Gasteiger partial charge is 0.138 e. The van der Waals surface area contributed by atoms with Gasteiger partial charge in [-0.3, -0.25) is 4.98 Å². The van der Waals surface area contributed by atoms with E-state index in [2.05, 4.69) is 34.2 Å². The van der Waals surface area contributed by atoms with Crippen LogP contribution in [0.4, 0.5) is 0 Å². The Morgan fingerprint density at radius 1 is 1.40 bits per heavy atom. The molecule has 0 aromatic carbocycles. The van der Waals surface area contributed by atoms with Gasteiger partial charge in [0, 0.05) is 31.4 Å². The van der Waals surface area contributed by atoms with Crippen molar-refractivity contribution >= 4 is 11.6 Å². The van der Waals surface area contributed by atoms with Crippen molar-refractivity contribution in [3.8, 4) is 0 Å². The summed E-state index contributed by atoms with van der Waals surface area (Å²) < 4.78 is 1.96. The number of aromatic nitrogens is 4. The predicted octanol–water partition coefficient (Wildman–Crippen LogP) is 2.49. The third-order valence-corrected chi connectivity index (χ3v) is 3.46. The van der Waals surface area contributed by atoms with E-state index in [1.54, 1.807) is 18.7 Å². The van der Waals surface area contributed by atoms with Crippen LogP contribution in [0.5, 0.6) is 0 Å². The number of halogens is 1. The van der Waals surface area contributed by atoms with Crippen molar-refractivity contribution in [1.29, 1.82) is 0 Å². The summed E-state index contributed by atoms with van der Waals surface area (Å²) in [5.41, 5.74) is 1.03. The second kappa shape index (κ2) is 6.81. The summed E-state index contributed by atoms with van der Waals surface area (Å²) in [6, 6.07) is 2.03. The molecule has 2 heterocycles. The summed E-state index contributed by atoms with van der Waals surface area (Å²) in [6.07, 6.45) is 5.77. The topological polar surface area (TPSA) is 55.6 Å². The van der Waals surface area contributed by atoms with Crippen molar-refractivity contribution in [3.05, 3.63) is 41.2 Å². The van der Waals surface area contributed by atoms with Gasteiger partial charge in [-0.15, -0.1) is 0 Å². The number of pyridine rings is 1. The molecular formula is C14H20ClN5. The van der Waals surface area contributed by atoms with Crippen LogP contribution in [-0.4, -0.2) is 26.8 Å². The summed E-state index contributed by atoms with van der Waals surface area (Å²) in [5.74, 6) is 1.50. The predicted molar refractivity (Wildman–Crippen MR) is 79.6 cm³/mol. The summed E-state index contributed by atoms with van der Waals surface area (Å²) in [6.45, 7) is 5.21. The van der Waals surface area contributed by atoms with Crippen LogP contribution < -0.4 is 5.32 Å². The summed E-state index contributed by atoms with van der Waals surface area (Å²) >= 11 is 6.22. The van der Waals surface area contributed by atoms with Gasteiger partial charge in [0.15, 0.2) is 0 Å². The Kier molecular flexibility index (Phi) is 5.09. The van der Waals surface area contributed by atoms with Gasteiger partial charge in [0.05, 0.1) is 5.02 Å². The average molecular weight is 294 g/mol. The van der Waals surface area contributed by atoms with Gasteiger partial charge in [-0.25, -0.2) is 9.67 Å². The molecular weight excluding hydrogens is 274 g/mol. The fraction of sp³-hybridized carbons (Fsp3) is 0.500. The molecule has 2 rings (SSSR count). The minimum atomic E-state index is 0.0978. The molecule has 0 radical (unpaired) electrons. The van der Waals surface area contributed by atoms with Gasteiger partial charge in [-0.05, 0) is 24.6 Å². The van der Waals surface area contributed by atoms with Gasteiger partial charge in [-0.1, -0.05) is 25.4 Å². The van der Waals surface area contributed by atoms with E-state index in [0.717, 1.165) is 24.4 Å². The molecule has 0 spiro atoms. The maximum absolute atomic E-state index is 6.22. The fourth-order valence-corrected chi connectivity index (χ4v) is 2.41. The van der Waals surface area contributed by atoms with E-state index >= 15 is 0 Å². The largest absolute Gasteiger partial charge is 0.313 e. The first-order valence-corrected chi connectivity index (χ1v) is 7.13. The Morgan fingerprint density at radius 3 is 2.85 bits per heavy atom. The quantitative estimate of drug-likeness (QED) is 0.889. The second-order valence-electron chi connectivity index (χ2n) is 5.19. The Hall–Kier alpha value is -1.46. The van der Waals surface area contributed by atoms with Gasteiger partial charge in [0.2, 0.25) is 0 Å². The van der Waals surface area contributed by atoms with E-state index in [1.165, 1.54) is 0 Å². The van der Waals surface area contributed by atoms with Crippen LogP contribution in [0.25, 0.3) is 0 Å². The summed E-state index contributed by atoms with van der Waals surface area (Å²) in [4.78, 5) is 8.39. The number of rotatable bonds is 6. The standard InChI is InChI=1S/C14H20ClN5/c1-10(2)8-20-14(18-9-19-20)6-13(16-3)11-4-5-17-7-12(11)15/h4-5,7,9-10,13,16H,6,8H2,1-3H3. The molecule has 1 unspecified atom stereocenters. The maximum Gasteiger partial charge on any atom is 0.138 e. The SMILES string of the molecule is CNC(Cc1ncnn1CC(C)C)c1ccncc1Cl. The molecule has 0 aliphatic rings. The molecule has 20 heavy (non-hydrogen) atoms. The molecule has 0 fully saturated rings. The molecule has 1 atom stereocenters. The molecule has 0 aliphatic heterocycles. The maximum atomic E-state index is 6.22. The molecule has 0 aliphatic carbocycles. The first kappa shape index (κ1) is 14.9. The average Bonchev–Trinajstić information content (AvgIpc) is 2.83. The van der Waals surface area contributed by atoms with Crippen LogP contribution in [0.1, 0.15) is 31.3 Å². The van der Waals surface area contributed by atoms with Crippen LogP contribution in [-0.2, 0) is 13.0 Å². The van der Waals surface area contributed by atoms with E-state index in [1.807, 2.05) is 17.8 Å². The zero-order valence-corrected chi connectivity index (χ0v) is 12.8. The van der Waals surface area contributed by atoms with E-state index in [4.69, 9.17) is 11.6 Å². The number of nitrogens with one attached hydrogen (secondary N) is 1. The number of hydrogen-bond acceptors (Lipinski definition) is 4. The zero-order valence-electron chi connectivity index (χ0n) is 12.0. The third-order valence-electron chi connectivity index (χ3n) is 3.15. The van der Waals surface area contributed by atoms with Crippen molar-refractivity contribution in [1.82, 2.24) is 25.1 Å². The first-order valence-electron chi connectivity index (χ1n) is 6.75. The summed E-state index contributed by atoms with van der Waals surface area (Å²) in [7, 11) is 1.92. The van der Waals surface area contributed by atoms with Crippen molar-refractivity contribution in [2.24, 2.45) is 5.92 Å². The van der Waals surface area contributed by atoms with Crippen LogP contribution in [0.15, 0.2) is 24.8 Å². The van der Waals surface area contributed by atoms with Crippen molar-refractivity contribution in [2.75, 3.05) is 7.05 Å². The van der Waals surface area contributed by atoms with Crippen LogP contribution in [0, 0.1) is 5.92 Å². The van der Waals surface area contributed by atoms with Crippen LogP contribution in [0.3, 0.4) is 0 Å². The van der Waals surface area contributed by atoms with Crippen LogP contribution in [0.2, 0.25) is 5.02 Å². The van der Waals surface area contributed by atoms with Gasteiger partial charge in [-0.2, -0.15) is 5.10 Å². The van der Waals surface area contributed by atoms with Gasteiger partial charge < -0.3 is 5.32 Å². The molecule has 2 aromatic heterocycles. The Labute approximate surface area is 124 Å². The lowest BCUT2D eigenvalue weighted by molar-refractivity contribution is 0.451. The molecule has 0 amide bonds. The lowest BCUT2D eigenvalue weighted by Gasteiger charge is -2.18. The highest BCUT2D eigenvalue weighted by Gasteiger charge is 2.17. The van der Waals surface area contributed by atoms with E-state index < -0.39 is 0 Å². The van der Waals surface area contributed by atoms with Gasteiger partial charge in [0.1, 0.15) is 12.2 Å². The Morgan fingerprint density at radius 2 is 2.20 bits per heavy atom. The number of nitrogens with zero attached hydrogens (tertiary/aromatic N) is 4. The number of likely N-dealkylation sites (N-methyl/N-ethyl adjacent to an activating group) is 1. The first-order chi connectivity index (χ1) is 9.61. The molecule has 0 saturated carbocycles. The molecule has 0 bridgehead atoms. The van der Waals surface area contributed by atoms with E-state index in [-0.39, 0.29) is 6.04 Å². The Balaban J connectivity index is 2.19. The fourth-order valence-electron chi connectivity index (χ4n) is 2.16. The van der Waals surface area contributed by atoms with Crippen LogP contribution >= 0.6 is 11.6 Å². The van der Waals surface area contributed by atoms with Crippen molar-refractivity contribution in [2.45, 2.75) is 32.9 Å². The highest BCUT2D eigenvalue weighted by molar-refractivity contribution is 6.31. The molecule has 1 N–H and O–H groups in total. The molecule has 108 valence electrons. The lowest BCUT2D eigenvalue weighted by Crippen LogP contribution is -2.22. The molecule has 0 saturated heterocycles. The lowest BCUT2D eigenvalue weighted by atomic mass is 10.0. The molecule has 6 heteroatoms. The van der Waals surface area contributed by atoms with Crippen molar-refractivity contribution < 1.29 is 0 Å². The van der Waals surface area contributed by atoms with Crippen molar-refractivity contribution in [3.63, 3.8) is 0 Å². The highest BCUT2D eigenvalue weighted by atomic mass is 35.5. The highest BCUT2D eigenvalue weighted by Crippen LogP contribution is 2.24. The number of hydrogen-bond donors (Lipinski definition) is 1. The zero-order chi connectivity index (χ0) is 14.5. The minimum Gasteiger partial charge on any atom is -0.313 e. The molecule has 2 aromatic rings. The monoisotopic (exact) mass is 293 g/mol. The second-order valence-corrected chi connectivity index (χ2v) is 5.60. The van der Waals surface area contributed by atoms with E-state index in [9.17, 15) is 0 Å².